The van der Waals surface area contributed by atoms with E-state index >= 15 is 0 Å². The highest BCUT2D eigenvalue weighted by atomic mass is 16.5. The Balaban J connectivity index is 2.37. The zero-order chi connectivity index (χ0) is 11.0. The van der Waals surface area contributed by atoms with Gasteiger partial charge < -0.3 is 9.84 Å². The summed E-state index contributed by atoms with van der Waals surface area (Å²) in [5.41, 5.74) is 3.45. The number of hydrogen-bond donors (Lipinski definition) is 1. The standard InChI is InChI=1S/C12H14O3/c1-7-5-8(2)9-3-4-10(12(13)14)15-11(9)6-7/h5-6,10H,3-4H2,1-2H3,(H,13,14). The van der Waals surface area contributed by atoms with Gasteiger partial charge in [0.1, 0.15) is 5.75 Å². The average molecular weight is 206 g/mol. The van der Waals surface area contributed by atoms with Crippen LogP contribution < -0.4 is 4.74 Å². The van der Waals surface area contributed by atoms with E-state index in [2.05, 4.69) is 6.07 Å². The van der Waals surface area contributed by atoms with Crippen molar-refractivity contribution in [1.82, 2.24) is 0 Å². The molecule has 0 amide bonds. The second-order valence-corrected chi connectivity index (χ2v) is 4.04. The highest BCUT2D eigenvalue weighted by Crippen LogP contribution is 2.31. The molecule has 2 rings (SSSR count). The van der Waals surface area contributed by atoms with E-state index in [1.54, 1.807) is 0 Å². The van der Waals surface area contributed by atoms with Crippen molar-refractivity contribution in [3.05, 3.63) is 28.8 Å². The number of ether oxygens (including phenoxy) is 1. The lowest BCUT2D eigenvalue weighted by molar-refractivity contribution is -0.145. The smallest absolute Gasteiger partial charge is 0.344 e. The topological polar surface area (TPSA) is 46.5 Å². The van der Waals surface area contributed by atoms with E-state index in [0.29, 0.717) is 6.42 Å². The number of aliphatic carboxylic acids is 1. The maximum absolute atomic E-state index is 10.8. The number of benzene rings is 1. The molecule has 0 saturated carbocycles. The molecule has 1 unspecified atom stereocenters. The Hall–Kier alpha value is -1.51. The largest absolute Gasteiger partial charge is 0.479 e. The molecular weight excluding hydrogens is 192 g/mol. The van der Waals surface area contributed by atoms with Crippen molar-refractivity contribution in [3.63, 3.8) is 0 Å². The van der Waals surface area contributed by atoms with E-state index < -0.39 is 12.1 Å². The van der Waals surface area contributed by atoms with E-state index in [1.807, 2.05) is 19.9 Å². The Labute approximate surface area is 88.7 Å². The fourth-order valence-corrected chi connectivity index (χ4v) is 2.05. The molecule has 1 aliphatic rings. The number of carbonyl (C=O) groups is 1. The molecular formula is C12H14O3. The quantitative estimate of drug-likeness (QED) is 0.765. The molecule has 1 aromatic rings. The van der Waals surface area contributed by atoms with E-state index in [9.17, 15) is 4.79 Å². The fourth-order valence-electron chi connectivity index (χ4n) is 2.05. The predicted molar refractivity (Wildman–Crippen MR) is 56.3 cm³/mol. The van der Waals surface area contributed by atoms with Gasteiger partial charge in [-0.05, 0) is 49.4 Å². The highest BCUT2D eigenvalue weighted by Gasteiger charge is 2.26. The molecule has 0 spiro atoms. The third kappa shape index (κ3) is 1.82. The zero-order valence-corrected chi connectivity index (χ0v) is 8.91. The van der Waals surface area contributed by atoms with Crippen molar-refractivity contribution in [2.75, 3.05) is 0 Å². The summed E-state index contributed by atoms with van der Waals surface area (Å²) in [5.74, 6) is -0.133. The maximum Gasteiger partial charge on any atom is 0.344 e. The average Bonchev–Trinajstić information content (AvgIpc) is 2.16. The van der Waals surface area contributed by atoms with Crippen LogP contribution in [0.5, 0.6) is 5.75 Å². The van der Waals surface area contributed by atoms with E-state index in [4.69, 9.17) is 9.84 Å². The fraction of sp³-hybridized carbons (Fsp3) is 0.417. The van der Waals surface area contributed by atoms with Gasteiger partial charge in [-0.2, -0.15) is 0 Å². The predicted octanol–water partition coefficient (Wildman–Crippen LogP) is 2.08. The lowest BCUT2D eigenvalue weighted by atomic mass is 9.96. The van der Waals surface area contributed by atoms with Gasteiger partial charge in [0.05, 0.1) is 0 Å². The number of carboxylic acid groups (broad SMARTS) is 1. The van der Waals surface area contributed by atoms with Gasteiger partial charge in [-0.3, -0.25) is 0 Å². The van der Waals surface area contributed by atoms with Gasteiger partial charge in [-0.15, -0.1) is 0 Å². The maximum atomic E-state index is 10.8. The minimum absolute atomic E-state index is 0.562. The molecule has 3 heteroatoms. The van der Waals surface area contributed by atoms with Gasteiger partial charge in [0.2, 0.25) is 0 Å². The van der Waals surface area contributed by atoms with Gasteiger partial charge in [-0.25, -0.2) is 4.79 Å². The normalized spacial score (nSPS) is 19.2. The van der Waals surface area contributed by atoms with E-state index in [1.165, 1.54) is 5.56 Å². The van der Waals surface area contributed by atoms with Crippen LogP contribution in [-0.4, -0.2) is 17.2 Å². The summed E-state index contributed by atoms with van der Waals surface area (Å²) in [6.45, 7) is 4.03. The van der Waals surface area contributed by atoms with Crippen molar-refractivity contribution >= 4 is 5.97 Å². The van der Waals surface area contributed by atoms with Crippen molar-refractivity contribution in [2.24, 2.45) is 0 Å². The summed E-state index contributed by atoms with van der Waals surface area (Å²) in [6, 6.07) is 4.01. The number of carboxylic acids is 1. The van der Waals surface area contributed by atoms with Gasteiger partial charge in [0, 0.05) is 0 Å². The van der Waals surface area contributed by atoms with Crippen LogP contribution in [0.4, 0.5) is 0 Å². The molecule has 1 N–H and O–H groups in total. The molecule has 0 bridgehead atoms. The summed E-state index contributed by atoms with van der Waals surface area (Å²) in [6.07, 6.45) is 0.670. The lowest BCUT2D eigenvalue weighted by Crippen LogP contribution is -2.31. The lowest BCUT2D eigenvalue weighted by Gasteiger charge is -2.24. The Bertz CT molecular complexity index is 410. The first-order valence-electron chi connectivity index (χ1n) is 5.07. The van der Waals surface area contributed by atoms with Gasteiger partial charge in [0.25, 0.3) is 0 Å². The minimum atomic E-state index is -0.875. The summed E-state index contributed by atoms with van der Waals surface area (Å²) >= 11 is 0. The van der Waals surface area contributed by atoms with Crippen LogP contribution in [0.2, 0.25) is 0 Å². The molecule has 0 aromatic heterocycles. The number of aryl methyl sites for hydroxylation is 2. The van der Waals surface area contributed by atoms with Crippen LogP contribution >= 0.6 is 0 Å². The number of rotatable bonds is 1. The van der Waals surface area contributed by atoms with Gasteiger partial charge in [0.15, 0.2) is 6.10 Å². The second kappa shape index (κ2) is 3.57. The molecule has 1 heterocycles. The summed E-state index contributed by atoms with van der Waals surface area (Å²) < 4.78 is 5.46. The third-order valence-corrected chi connectivity index (χ3v) is 2.78. The highest BCUT2D eigenvalue weighted by molar-refractivity contribution is 5.73. The molecule has 0 fully saturated rings. The van der Waals surface area contributed by atoms with Crippen LogP contribution in [0.1, 0.15) is 23.1 Å². The van der Waals surface area contributed by atoms with Crippen LogP contribution in [0, 0.1) is 13.8 Å². The van der Waals surface area contributed by atoms with Crippen molar-refractivity contribution < 1.29 is 14.6 Å². The van der Waals surface area contributed by atoms with Crippen molar-refractivity contribution in [1.29, 1.82) is 0 Å². The molecule has 80 valence electrons. The minimum Gasteiger partial charge on any atom is -0.479 e. The van der Waals surface area contributed by atoms with E-state index in [-0.39, 0.29) is 0 Å². The summed E-state index contributed by atoms with van der Waals surface area (Å²) in [5, 5.41) is 8.88. The SMILES string of the molecule is Cc1cc(C)c2c(c1)OC(C(=O)O)CC2. The second-order valence-electron chi connectivity index (χ2n) is 4.04. The van der Waals surface area contributed by atoms with Crippen LogP contribution in [0.15, 0.2) is 12.1 Å². The van der Waals surface area contributed by atoms with Crippen LogP contribution in [0.3, 0.4) is 0 Å². The Morgan fingerprint density at radius 3 is 2.87 bits per heavy atom. The monoisotopic (exact) mass is 206 g/mol. The van der Waals surface area contributed by atoms with Crippen molar-refractivity contribution in [2.45, 2.75) is 32.8 Å². The molecule has 1 aliphatic heterocycles. The molecule has 1 atom stereocenters. The Kier molecular flexibility index (Phi) is 2.39. The first-order chi connectivity index (χ1) is 7.08. The summed E-state index contributed by atoms with van der Waals surface area (Å²) in [4.78, 5) is 10.8. The third-order valence-electron chi connectivity index (χ3n) is 2.78. The van der Waals surface area contributed by atoms with E-state index in [0.717, 1.165) is 23.3 Å². The van der Waals surface area contributed by atoms with Crippen molar-refractivity contribution in [3.8, 4) is 5.75 Å². The molecule has 15 heavy (non-hydrogen) atoms. The molecule has 0 radical (unpaired) electrons. The van der Waals surface area contributed by atoms with Gasteiger partial charge >= 0.3 is 5.97 Å². The summed E-state index contributed by atoms with van der Waals surface area (Å²) in [7, 11) is 0. The molecule has 3 nitrogen and oxygen atoms in total. The van der Waals surface area contributed by atoms with Crippen LogP contribution in [0.25, 0.3) is 0 Å². The Morgan fingerprint density at radius 1 is 1.47 bits per heavy atom. The molecule has 1 aromatic carbocycles. The first-order valence-corrected chi connectivity index (χ1v) is 5.07. The van der Waals surface area contributed by atoms with Gasteiger partial charge in [-0.1, -0.05) is 6.07 Å². The number of fused-ring (bicyclic) bond motifs is 1. The van der Waals surface area contributed by atoms with Crippen LogP contribution in [-0.2, 0) is 11.2 Å². The number of hydrogen-bond acceptors (Lipinski definition) is 2. The molecule has 0 aliphatic carbocycles. The Morgan fingerprint density at radius 2 is 2.20 bits per heavy atom. The molecule has 0 saturated heterocycles. The first kappa shape index (κ1) is 10.0. The zero-order valence-electron chi connectivity index (χ0n) is 8.91.